The average Bonchev–Trinajstić information content (AvgIpc) is 3.21. The topological polar surface area (TPSA) is 115 Å². The molecule has 32 heavy (non-hydrogen) atoms. The van der Waals surface area contributed by atoms with Crippen molar-refractivity contribution in [3.05, 3.63) is 78.5 Å². The summed E-state index contributed by atoms with van der Waals surface area (Å²) in [6.45, 7) is 0.126. The van der Waals surface area contributed by atoms with Gasteiger partial charge in [0.05, 0.1) is 6.42 Å². The number of fused-ring (bicyclic) bond motifs is 2. The molecule has 0 saturated carbocycles. The van der Waals surface area contributed by atoms with Crippen LogP contribution in [-0.2, 0) is 16.0 Å². The van der Waals surface area contributed by atoms with Crippen molar-refractivity contribution in [2.24, 2.45) is 0 Å². The molecule has 4 rings (SSSR count). The van der Waals surface area contributed by atoms with E-state index < -0.39 is 6.03 Å². The molecule has 162 valence electrons. The molecule has 1 heterocycles. The maximum Gasteiger partial charge on any atom is 0.333 e. The van der Waals surface area contributed by atoms with Crippen molar-refractivity contribution >= 4 is 45.2 Å². The number of nitrogens with one attached hydrogen (secondary N) is 5. The first-order chi connectivity index (χ1) is 15.6. The van der Waals surface area contributed by atoms with Crippen LogP contribution in [-0.4, -0.2) is 29.4 Å². The fraction of sp³-hybridized carbons (Fsp3) is 0.125. The average molecular weight is 429 g/mol. The Morgan fingerprint density at radius 1 is 0.781 bits per heavy atom. The third kappa shape index (κ3) is 5.04. The van der Waals surface area contributed by atoms with E-state index in [-0.39, 0.29) is 31.2 Å². The number of aromatic nitrogens is 1. The van der Waals surface area contributed by atoms with Gasteiger partial charge < -0.3 is 15.6 Å². The second kappa shape index (κ2) is 9.65. The molecular weight excluding hydrogens is 406 g/mol. The van der Waals surface area contributed by atoms with E-state index in [0.717, 1.165) is 32.9 Å². The molecule has 0 bridgehead atoms. The molecule has 0 aliphatic heterocycles. The quantitative estimate of drug-likeness (QED) is 0.303. The molecule has 0 saturated heterocycles. The third-order valence-electron chi connectivity index (χ3n) is 5.04. The van der Waals surface area contributed by atoms with Crippen molar-refractivity contribution in [1.29, 1.82) is 0 Å². The lowest BCUT2D eigenvalue weighted by molar-refractivity contribution is -0.121. The van der Waals surface area contributed by atoms with Gasteiger partial charge in [-0.1, -0.05) is 54.6 Å². The number of H-pyrrole nitrogens is 1. The predicted molar refractivity (Wildman–Crippen MR) is 124 cm³/mol. The van der Waals surface area contributed by atoms with Gasteiger partial charge in [0.1, 0.15) is 0 Å². The Balaban J connectivity index is 1.19. The highest BCUT2D eigenvalue weighted by atomic mass is 16.2. The fourth-order valence-corrected chi connectivity index (χ4v) is 3.50. The summed E-state index contributed by atoms with van der Waals surface area (Å²) in [6.07, 6.45) is 2.00. The maximum absolute atomic E-state index is 12.2. The van der Waals surface area contributed by atoms with Gasteiger partial charge in [-0.25, -0.2) is 10.2 Å². The number of anilines is 1. The zero-order chi connectivity index (χ0) is 22.3. The van der Waals surface area contributed by atoms with Crippen LogP contribution in [0.15, 0.2) is 72.9 Å². The zero-order valence-corrected chi connectivity index (χ0v) is 17.3. The standard InChI is InChI=1S/C24H23N5O3/c30-22(27-21-11-5-7-16-6-1-2-8-18(16)21)12-13-25-24(32)29-28-23(31)14-17-15-26-20-10-4-3-9-19(17)20/h1-11,15,26H,12-14H2,(H,27,30)(H,28,31)(H2,25,29,32). The minimum Gasteiger partial charge on any atom is -0.361 e. The molecule has 8 heteroatoms. The monoisotopic (exact) mass is 429 g/mol. The molecular formula is C24H23N5O3. The van der Waals surface area contributed by atoms with Crippen LogP contribution in [0, 0.1) is 0 Å². The molecule has 4 aromatic rings. The Morgan fingerprint density at radius 2 is 1.53 bits per heavy atom. The van der Waals surface area contributed by atoms with Crippen molar-refractivity contribution in [3.8, 4) is 0 Å². The minimum atomic E-state index is -0.588. The number of hydrazine groups is 1. The van der Waals surface area contributed by atoms with Gasteiger partial charge in [0.2, 0.25) is 11.8 Å². The van der Waals surface area contributed by atoms with Gasteiger partial charge in [-0.05, 0) is 23.1 Å². The predicted octanol–water partition coefficient (Wildman–Crippen LogP) is 3.22. The Bertz CT molecular complexity index is 1280. The van der Waals surface area contributed by atoms with E-state index >= 15 is 0 Å². The van der Waals surface area contributed by atoms with Crippen molar-refractivity contribution in [2.75, 3.05) is 11.9 Å². The highest BCUT2D eigenvalue weighted by Crippen LogP contribution is 2.23. The third-order valence-corrected chi connectivity index (χ3v) is 5.04. The Hall–Kier alpha value is -4.33. The lowest BCUT2D eigenvalue weighted by Crippen LogP contribution is -2.47. The van der Waals surface area contributed by atoms with Crippen LogP contribution in [0.4, 0.5) is 10.5 Å². The van der Waals surface area contributed by atoms with Crippen LogP contribution in [0.5, 0.6) is 0 Å². The lowest BCUT2D eigenvalue weighted by atomic mass is 10.1. The summed E-state index contributed by atoms with van der Waals surface area (Å²) in [5, 5.41) is 8.36. The lowest BCUT2D eigenvalue weighted by Gasteiger charge is -2.10. The van der Waals surface area contributed by atoms with E-state index in [4.69, 9.17) is 0 Å². The molecule has 0 fully saturated rings. The molecule has 0 aliphatic rings. The minimum absolute atomic E-state index is 0.0971. The summed E-state index contributed by atoms with van der Waals surface area (Å²) in [7, 11) is 0. The molecule has 0 spiro atoms. The van der Waals surface area contributed by atoms with Gasteiger partial charge in [-0.15, -0.1) is 0 Å². The largest absolute Gasteiger partial charge is 0.361 e. The Morgan fingerprint density at radius 3 is 2.41 bits per heavy atom. The number of para-hydroxylation sites is 1. The number of benzene rings is 3. The molecule has 3 aromatic carbocycles. The number of hydrogen-bond acceptors (Lipinski definition) is 3. The number of hydrogen-bond donors (Lipinski definition) is 5. The second-order valence-corrected chi connectivity index (χ2v) is 7.29. The summed E-state index contributed by atoms with van der Waals surface area (Å²) in [4.78, 5) is 39.4. The summed E-state index contributed by atoms with van der Waals surface area (Å²) < 4.78 is 0. The molecule has 0 atom stereocenters. The van der Waals surface area contributed by atoms with Crippen molar-refractivity contribution in [3.63, 3.8) is 0 Å². The number of carbonyl (C=O) groups is 3. The first-order valence-corrected chi connectivity index (χ1v) is 10.3. The number of amides is 4. The SMILES string of the molecule is O=C(Cc1c[nH]c2ccccc12)NNC(=O)NCCC(=O)Nc1cccc2ccccc12. The number of rotatable bonds is 6. The van der Waals surface area contributed by atoms with Gasteiger partial charge in [-0.2, -0.15) is 0 Å². The summed E-state index contributed by atoms with van der Waals surface area (Å²) in [5.41, 5.74) is 7.18. The normalized spacial score (nSPS) is 10.6. The second-order valence-electron chi connectivity index (χ2n) is 7.29. The van der Waals surface area contributed by atoms with Gasteiger partial charge in [-0.3, -0.25) is 15.0 Å². The van der Waals surface area contributed by atoms with Crippen LogP contribution in [0.25, 0.3) is 21.7 Å². The molecule has 0 radical (unpaired) electrons. The molecule has 0 aliphatic carbocycles. The van der Waals surface area contributed by atoms with E-state index in [1.807, 2.05) is 66.7 Å². The number of aromatic amines is 1. The first-order valence-electron chi connectivity index (χ1n) is 10.3. The van der Waals surface area contributed by atoms with Crippen LogP contribution in [0.2, 0.25) is 0 Å². The van der Waals surface area contributed by atoms with Crippen LogP contribution >= 0.6 is 0 Å². The Kier molecular flexibility index (Phi) is 6.31. The zero-order valence-electron chi connectivity index (χ0n) is 17.3. The van der Waals surface area contributed by atoms with E-state index in [1.165, 1.54) is 0 Å². The van der Waals surface area contributed by atoms with Gasteiger partial charge >= 0.3 is 6.03 Å². The van der Waals surface area contributed by atoms with E-state index in [1.54, 1.807) is 6.20 Å². The van der Waals surface area contributed by atoms with Crippen LogP contribution in [0.3, 0.4) is 0 Å². The van der Waals surface area contributed by atoms with Crippen molar-refractivity contribution in [1.82, 2.24) is 21.2 Å². The molecule has 4 amide bonds. The smallest absolute Gasteiger partial charge is 0.333 e. The van der Waals surface area contributed by atoms with Crippen molar-refractivity contribution < 1.29 is 14.4 Å². The molecule has 0 unspecified atom stereocenters. The summed E-state index contributed by atoms with van der Waals surface area (Å²) >= 11 is 0. The van der Waals surface area contributed by atoms with E-state index in [0.29, 0.717) is 0 Å². The van der Waals surface area contributed by atoms with E-state index in [2.05, 4.69) is 26.5 Å². The van der Waals surface area contributed by atoms with Crippen molar-refractivity contribution in [2.45, 2.75) is 12.8 Å². The molecule has 5 N–H and O–H groups in total. The van der Waals surface area contributed by atoms with Crippen LogP contribution < -0.4 is 21.5 Å². The Labute approximate surface area is 184 Å². The highest BCUT2D eigenvalue weighted by Gasteiger charge is 2.10. The highest BCUT2D eigenvalue weighted by molar-refractivity contribution is 6.02. The number of carbonyl (C=O) groups excluding carboxylic acids is 3. The molecule has 1 aromatic heterocycles. The van der Waals surface area contributed by atoms with Gasteiger partial charge in [0.25, 0.3) is 0 Å². The fourth-order valence-electron chi connectivity index (χ4n) is 3.50. The van der Waals surface area contributed by atoms with E-state index in [9.17, 15) is 14.4 Å². The number of urea groups is 1. The van der Waals surface area contributed by atoms with Crippen LogP contribution in [0.1, 0.15) is 12.0 Å². The maximum atomic E-state index is 12.2. The first kappa shape index (κ1) is 20.9. The summed E-state index contributed by atoms with van der Waals surface area (Å²) in [5.74, 6) is -0.566. The van der Waals surface area contributed by atoms with Gasteiger partial charge in [0.15, 0.2) is 0 Å². The summed E-state index contributed by atoms with van der Waals surface area (Å²) in [6, 6.07) is 20.5. The molecule has 8 nitrogen and oxygen atoms in total. The van der Waals surface area contributed by atoms with Gasteiger partial charge in [0, 0.05) is 41.1 Å².